The summed E-state index contributed by atoms with van der Waals surface area (Å²) in [6.45, 7) is 5.78. The van der Waals surface area contributed by atoms with Crippen molar-refractivity contribution in [1.82, 2.24) is 20.1 Å². The second-order valence-corrected chi connectivity index (χ2v) is 7.49. The van der Waals surface area contributed by atoms with Crippen LogP contribution in [0.15, 0.2) is 34.5 Å². The average Bonchev–Trinajstić information content (AvgIpc) is 3.28. The monoisotopic (exact) mass is 360 g/mol. The van der Waals surface area contributed by atoms with Gasteiger partial charge in [-0.2, -0.15) is 16.4 Å². The van der Waals surface area contributed by atoms with Crippen molar-refractivity contribution >= 4 is 28.6 Å². The summed E-state index contributed by atoms with van der Waals surface area (Å²) in [5.74, 6) is -0.0464. The molecule has 0 saturated heterocycles. The van der Waals surface area contributed by atoms with E-state index in [2.05, 4.69) is 32.2 Å². The van der Waals surface area contributed by atoms with Crippen molar-refractivity contribution in [3.05, 3.63) is 56.4 Å². The molecule has 1 amide bonds. The van der Waals surface area contributed by atoms with Crippen molar-refractivity contribution in [3.63, 3.8) is 0 Å². The van der Waals surface area contributed by atoms with Gasteiger partial charge in [-0.05, 0) is 49.2 Å². The molecule has 0 fully saturated rings. The van der Waals surface area contributed by atoms with Gasteiger partial charge in [0.2, 0.25) is 5.91 Å². The maximum atomic E-state index is 12.7. The molecule has 0 spiro atoms. The average molecular weight is 361 g/mol. The van der Waals surface area contributed by atoms with Crippen molar-refractivity contribution in [2.24, 2.45) is 0 Å². The Labute approximate surface area is 149 Å². The van der Waals surface area contributed by atoms with E-state index in [0.29, 0.717) is 0 Å². The Morgan fingerprint density at radius 1 is 1.33 bits per heavy atom. The molecule has 3 heterocycles. The van der Waals surface area contributed by atoms with Crippen molar-refractivity contribution < 1.29 is 4.79 Å². The summed E-state index contributed by atoms with van der Waals surface area (Å²) in [5, 5.41) is 14.5. The lowest BCUT2D eigenvalue weighted by Crippen LogP contribution is -2.35. The maximum absolute atomic E-state index is 12.7. The summed E-state index contributed by atoms with van der Waals surface area (Å²) in [5.41, 5.74) is 3.16. The van der Waals surface area contributed by atoms with Gasteiger partial charge < -0.3 is 5.32 Å². The SMILES string of the molecule is Cc1csc([C@@H](Cc2ccsc2)NC(=O)[C@@H](C)n2nccc2C)n1. The zero-order valence-electron chi connectivity index (χ0n) is 13.9. The summed E-state index contributed by atoms with van der Waals surface area (Å²) < 4.78 is 1.74. The summed E-state index contributed by atoms with van der Waals surface area (Å²) in [4.78, 5) is 17.3. The van der Waals surface area contributed by atoms with Gasteiger partial charge >= 0.3 is 0 Å². The number of aromatic nitrogens is 3. The van der Waals surface area contributed by atoms with Crippen LogP contribution in [0.5, 0.6) is 0 Å². The number of hydrogen-bond acceptors (Lipinski definition) is 5. The van der Waals surface area contributed by atoms with Crippen molar-refractivity contribution in [2.45, 2.75) is 39.3 Å². The minimum Gasteiger partial charge on any atom is -0.345 e. The molecule has 0 aromatic carbocycles. The highest BCUT2D eigenvalue weighted by Gasteiger charge is 2.23. The van der Waals surface area contributed by atoms with Crippen LogP contribution in [0, 0.1) is 13.8 Å². The first-order valence-corrected chi connectivity index (χ1v) is 9.60. The summed E-state index contributed by atoms with van der Waals surface area (Å²) in [7, 11) is 0. The highest BCUT2D eigenvalue weighted by atomic mass is 32.1. The molecule has 3 aromatic heterocycles. The summed E-state index contributed by atoms with van der Waals surface area (Å²) >= 11 is 3.25. The Balaban J connectivity index is 1.78. The van der Waals surface area contributed by atoms with Gasteiger partial charge in [0.15, 0.2) is 0 Å². The third-order valence-electron chi connectivity index (χ3n) is 3.89. The van der Waals surface area contributed by atoms with Gasteiger partial charge in [-0.15, -0.1) is 11.3 Å². The van der Waals surface area contributed by atoms with E-state index in [-0.39, 0.29) is 18.0 Å². The van der Waals surface area contributed by atoms with Crippen LogP contribution in [0.4, 0.5) is 0 Å². The standard InChI is InChI=1S/C17H20N4OS2/c1-11-9-24-17(19-11)15(8-14-5-7-23-10-14)20-16(22)13(3)21-12(2)4-6-18-21/h4-7,9-10,13,15H,8H2,1-3H3,(H,20,22)/t13-,15-/m1/s1. The normalized spacial score (nSPS) is 13.6. The molecule has 126 valence electrons. The van der Waals surface area contributed by atoms with Crippen LogP contribution < -0.4 is 5.32 Å². The fourth-order valence-corrected chi connectivity index (χ4v) is 4.09. The lowest BCUT2D eigenvalue weighted by Gasteiger charge is -2.20. The lowest BCUT2D eigenvalue weighted by atomic mass is 10.1. The fraction of sp³-hybridized carbons (Fsp3) is 0.353. The molecule has 0 aliphatic rings. The number of thiazole rings is 1. The first-order valence-electron chi connectivity index (χ1n) is 7.78. The van der Waals surface area contributed by atoms with Crippen molar-refractivity contribution in [1.29, 1.82) is 0 Å². The van der Waals surface area contributed by atoms with E-state index in [9.17, 15) is 4.79 Å². The highest BCUT2D eigenvalue weighted by Crippen LogP contribution is 2.24. The molecule has 0 radical (unpaired) electrons. The Kier molecular flexibility index (Phi) is 5.11. The number of aryl methyl sites for hydroxylation is 2. The van der Waals surface area contributed by atoms with E-state index in [4.69, 9.17) is 0 Å². The third-order valence-corrected chi connectivity index (χ3v) is 5.69. The minimum absolute atomic E-state index is 0.0464. The lowest BCUT2D eigenvalue weighted by molar-refractivity contribution is -0.125. The molecule has 0 aliphatic carbocycles. The van der Waals surface area contributed by atoms with Crippen LogP contribution in [-0.4, -0.2) is 20.7 Å². The Hall–Kier alpha value is -1.99. The number of carbonyl (C=O) groups is 1. The predicted octanol–water partition coefficient (Wildman–Crippen LogP) is 3.68. The summed E-state index contributed by atoms with van der Waals surface area (Å²) in [6, 6.07) is 3.51. The van der Waals surface area contributed by atoms with Crippen LogP contribution in [0.1, 0.15) is 41.0 Å². The molecule has 0 aliphatic heterocycles. The highest BCUT2D eigenvalue weighted by molar-refractivity contribution is 7.09. The Morgan fingerprint density at radius 3 is 2.75 bits per heavy atom. The minimum atomic E-state index is -0.356. The first kappa shape index (κ1) is 16.9. The first-order chi connectivity index (χ1) is 11.5. The zero-order valence-corrected chi connectivity index (χ0v) is 15.5. The number of amides is 1. The second-order valence-electron chi connectivity index (χ2n) is 5.82. The largest absolute Gasteiger partial charge is 0.345 e. The molecule has 5 nitrogen and oxygen atoms in total. The molecule has 3 rings (SSSR count). The molecular formula is C17H20N4OS2. The number of carbonyl (C=O) groups excluding carboxylic acids is 1. The number of hydrogen-bond donors (Lipinski definition) is 1. The molecule has 24 heavy (non-hydrogen) atoms. The van der Waals surface area contributed by atoms with E-state index in [0.717, 1.165) is 22.8 Å². The third kappa shape index (κ3) is 3.73. The topological polar surface area (TPSA) is 59.8 Å². The smallest absolute Gasteiger partial charge is 0.245 e. The van der Waals surface area contributed by atoms with Gasteiger partial charge in [-0.25, -0.2) is 4.98 Å². The summed E-state index contributed by atoms with van der Waals surface area (Å²) in [6.07, 6.45) is 2.46. The van der Waals surface area contributed by atoms with E-state index in [1.165, 1.54) is 5.56 Å². The molecule has 0 unspecified atom stereocenters. The van der Waals surface area contributed by atoms with Gasteiger partial charge in [-0.1, -0.05) is 0 Å². The molecule has 0 bridgehead atoms. The predicted molar refractivity (Wildman–Crippen MR) is 97.4 cm³/mol. The Bertz CT molecular complexity index is 806. The van der Waals surface area contributed by atoms with Gasteiger partial charge in [0.1, 0.15) is 11.0 Å². The van der Waals surface area contributed by atoms with Gasteiger partial charge in [0.25, 0.3) is 0 Å². The maximum Gasteiger partial charge on any atom is 0.245 e. The molecule has 3 aromatic rings. The van der Waals surface area contributed by atoms with Gasteiger partial charge in [0.05, 0.1) is 6.04 Å². The molecule has 7 heteroatoms. The second kappa shape index (κ2) is 7.27. The van der Waals surface area contributed by atoms with Crippen molar-refractivity contribution in [3.8, 4) is 0 Å². The van der Waals surface area contributed by atoms with Gasteiger partial charge in [0, 0.05) is 29.4 Å². The molecule has 1 N–H and O–H groups in total. The molecule has 0 saturated carbocycles. The zero-order chi connectivity index (χ0) is 17.1. The number of nitrogens with one attached hydrogen (secondary N) is 1. The van der Waals surface area contributed by atoms with Crippen LogP contribution in [-0.2, 0) is 11.2 Å². The molecule has 2 atom stereocenters. The van der Waals surface area contributed by atoms with Crippen LogP contribution in [0.2, 0.25) is 0 Å². The van der Waals surface area contributed by atoms with E-state index in [1.54, 1.807) is 33.6 Å². The number of nitrogens with zero attached hydrogens (tertiary/aromatic N) is 3. The van der Waals surface area contributed by atoms with E-state index in [1.807, 2.05) is 32.2 Å². The van der Waals surface area contributed by atoms with Gasteiger partial charge in [-0.3, -0.25) is 9.48 Å². The van der Waals surface area contributed by atoms with Crippen LogP contribution in [0.25, 0.3) is 0 Å². The number of rotatable bonds is 6. The Morgan fingerprint density at radius 2 is 2.17 bits per heavy atom. The quantitative estimate of drug-likeness (QED) is 0.729. The van der Waals surface area contributed by atoms with E-state index >= 15 is 0 Å². The van der Waals surface area contributed by atoms with E-state index < -0.39 is 0 Å². The van der Waals surface area contributed by atoms with Crippen molar-refractivity contribution in [2.75, 3.05) is 0 Å². The van der Waals surface area contributed by atoms with Crippen LogP contribution >= 0.6 is 22.7 Å². The fourth-order valence-electron chi connectivity index (χ4n) is 2.57. The van der Waals surface area contributed by atoms with Crippen LogP contribution in [0.3, 0.4) is 0 Å². The molecular weight excluding hydrogens is 340 g/mol. The number of thiophene rings is 1.